The van der Waals surface area contributed by atoms with E-state index in [4.69, 9.17) is 14.2 Å². The highest BCUT2D eigenvalue weighted by Gasteiger charge is 2.15. The van der Waals surface area contributed by atoms with Crippen molar-refractivity contribution in [3.8, 4) is 17.2 Å². The lowest BCUT2D eigenvalue weighted by Gasteiger charge is -2.14. The van der Waals surface area contributed by atoms with E-state index < -0.39 is 0 Å². The van der Waals surface area contributed by atoms with Gasteiger partial charge in [0.2, 0.25) is 5.75 Å². The van der Waals surface area contributed by atoms with E-state index >= 15 is 0 Å². The lowest BCUT2D eigenvalue weighted by Crippen LogP contribution is -2.51. The van der Waals surface area contributed by atoms with Crippen LogP contribution in [0.25, 0.3) is 0 Å². The first-order chi connectivity index (χ1) is 7.28. The zero-order valence-electron chi connectivity index (χ0n) is 9.50. The molecule has 0 atom stereocenters. The molecule has 0 radical (unpaired) electrons. The first-order valence-corrected chi connectivity index (χ1v) is 4.85. The van der Waals surface area contributed by atoms with Crippen molar-refractivity contribution in [2.75, 3.05) is 27.9 Å². The molecular weight excluding hydrogens is 194 g/mol. The van der Waals surface area contributed by atoms with E-state index in [9.17, 15) is 0 Å². The second-order valence-corrected chi connectivity index (χ2v) is 3.10. The molecule has 0 aliphatic rings. The van der Waals surface area contributed by atoms with Crippen LogP contribution in [0.4, 0.5) is 0 Å². The van der Waals surface area contributed by atoms with Gasteiger partial charge in [0.25, 0.3) is 0 Å². The topological polar surface area (TPSA) is 55.3 Å². The van der Waals surface area contributed by atoms with Crippen molar-refractivity contribution in [3.63, 3.8) is 0 Å². The van der Waals surface area contributed by atoms with E-state index in [0.29, 0.717) is 11.5 Å². The molecular formula is C11H18NO3+. The molecule has 1 aromatic carbocycles. The lowest BCUT2D eigenvalue weighted by molar-refractivity contribution is -0.366. The molecule has 1 rings (SSSR count). The van der Waals surface area contributed by atoms with Gasteiger partial charge in [0.1, 0.15) is 0 Å². The third-order valence-corrected chi connectivity index (χ3v) is 2.23. The van der Waals surface area contributed by atoms with Crippen molar-refractivity contribution in [2.24, 2.45) is 0 Å². The average molecular weight is 212 g/mol. The Kier molecular flexibility index (Phi) is 4.24. The average Bonchev–Trinajstić information content (AvgIpc) is 2.28. The van der Waals surface area contributed by atoms with Crippen LogP contribution in [0.1, 0.15) is 5.56 Å². The van der Waals surface area contributed by atoms with Crippen LogP contribution in [0, 0.1) is 0 Å². The van der Waals surface area contributed by atoms with Gasteiger partial charge in [-0.15, -0.1) is 0 Å². The van der Waals surface area contributed by atoms with Gasteiger partial charge in [0.05, 0.1) is 27.9 Å². The number of rotatable bonds is 5. The van der Waals surface area contributed by atoms with Crippen LogP contribution in [0.3, 0.4) is 0 Å². The predicted molar refractivity (Wildman–Crippen MR) is 57.6 cm³/mol. The van der Waals surface area contributed by atoms with E-state index in [0.717, 1.165) is 24.3 Å². The summed E-state index contributed by atoms with van der Waals surface area (Å²) in [5, 5.41) is 0. The second kappa shape index (κ2) is 5.46. The molecule has 1 aromatic rings. The summed E-state index contributed by atoms with van der Waals surface area (Å²) >= 11 is 0. The Morgan fingerprint density at radius 3 is 2.13 bits per heavy atom. The molecule has 0 saturated carbocycles. The van der Waals surface area contributed by atoms with Crippen molar-refractivity contribution in [1.29, 1.82) is 0 Å². The molecule has 4 nitrogen and oxygen atoms in total. The third-order valence-electron chi connectivity index (χ3n) is 2.23. The summed E-state index contributed by atoms with van der Waals surface area (Å²) in [6.07, 6.45) is 0.865. The molecule has 0 saturated heterocycles. The zero-order chi connectivity index (χ0) is 11.3. The highest BCUT2D eigenvalue weighted by molar-refractivity contribution is 5.55. The second-order valence-electron chi connectivity index (χ2n) is 3.10. The Morgan fingerprint density at radius 1 is 1.00 bits per heavy atom. The number of quaternary nitrogens is 1. The summed E-state index contributed by atoms with van der Waals surface area (Å²) in [6.45, 7) is 0.825. The molecule has 0 fully saturated rings. The van der Waals surface area contributed by atoms with E-state index in [1.54, 1.807) is 21.3 Å². The third kappa shape index (κ3) is 2.33. The van der Waals surface area contributed by atoms with Crippen LogP contribution in [0.2, 0.25) is 0 Å². The molecule has 4 heteroatoms. The van der Waals surface area contributed by atoms with Gasteiger partial charge in [-0.25, -0.2) is 0 Å². The van der Waals surface area contributed by atoms with E-state index in [2.05, 4.69) is 5.73 Å². The summed E-state index contributed by atoms with van der Waals surface area (Å²) in [4.78, 5) is 0. The largest absolute Gasteiger partial charge is 0.493 e. The summed E-state index contributed by atoms with van der Waals surface area (Å²) in [5.74, 6) is 2.06. The Hall–Kier alpha value is -1.42. The fourth-order valence-electron chi connectivity index (χ4n) is 1.55. The molecule has 0 aromatic heterocycles. The Labute approximate surface area is 89.9 Å². The van der Waals surface area contributed by atoms with Gasteiger partial charge < -0.3 is 19.9 Å². The van der Waals surface area contributed by atoms with Gasteiger partial charge in [0, 0.05) is 12.0 Å². The van der Waals surface area contributed by atoms with Crippen LogP contribution in [-0.2, 0) is 6.42 Å². The van der Waals surface area contributed by atoms with Crippen LogP contribution >= 0.6 is 0 Å². The quantitative estimate of drug-likeness (QED) is 0.773. The van der Waals surface area contributed by atoms with Crippen LogP contribution < -0.4 is 19.9 Å². The molecule has 0 aliphatic carbocycles. The van der Waals surface area contributed by atoms with Crippen molar-refractivity contribution in [2.45, 2.75) is 6.42 Å². The van der Waals surface area contributed by atoms with Gasteiger partial charge in [0.15, 0.2) is 11.5 Å². The first-order valence-electron chi connectivity index (χ1n) is 4.85. The summed E-state index contributed by atoms with van der Waals surface area (Å²) in [5.41, 5.74) is 4.91. The van der Waals surface area contributed by atoms with Gasteiger partial charge in [-0.05, 0) is 6.07 Å². The monoisotopic (exact) mass is 212 g/mol. The highest BCUT2D eigenvalue weighted by atomic mass is 16.5. The minimum Gasteiger partial charge on any atom is -0.493 e. The van der Waals surface area contributed by atoms with Gasteiger partial charge in [-0.1, -0.05) is 6.07 Å². The number of ether oxygens (including phenoxy) is 3. The van der Waals surface area contributed by atoms with E-state index in [1.165, 1.54) is 0 Å². The van der Waals surface area contributed by atoms with Crippen LogP contribution in [0.15, 0.2) is 12.1 Å². The highest BCUT2D eigenvalue weighted by Crippen LogP contribution is 2.39. The van der Waals surface area contributed by atoms with Crippen LogP contribution in [0.5, 0.6) is 17.2 Å². The normalized spacial score (nSPS) is 9.87. The first kappa shape index (κ1) is 11.7. The minimum atomic E-state index is 0.644. The van der Waals surface area contributed by atoms with Crippen molar-refractivity contribution < 1.29 is 19.9 Å². The zero-order valence-corrected chi connectivity index (χ0v) is 9.50. The van der Waals surface area contributed by atoms with Gasteiger partial charge in [-0.2, -0.15) is 0 Å². The molecule has 0 bridgehead atoms. The maximum absolute atomic E-state index is 5.33. The summed E-state index contributed by atoms with van der Waals surface area (Å²) < 4.78 is 15.8. The Bertz CT molecular complexity index is 326. The number of hydrogen-bond acceptors (Lipinski definition) is 3. The van der Waals surface area contributed by atoms with Gasteiger partial charge in [-0.3, -0.25) is 0 Å². The molecule has 0 heterocycles. The summed E-state index contributed by atoms with van der Waals surface area (Å²) in [7, 11) is 4.84. The minimum absolute atomic E-state index is 0.644. The molecule has 0 amide bonds. The number of benzene rings is 1. The van der Waals surface area contributed by atoms with Crippen molar-refractivity contribution >= 4 is 0 Å². The lowest BCUT2D eigenvalue weighted by atomic mass is 10.1. The van der Waals surface area contributed by atoms with Crippen molar-refractivity contribution in [3.05, 3.63) is 17.7 Å². The SMILES string of the molecule is COc1ccc(CC[NH3+])c(OC)c1OC. The maximum atomic E-state index is 5.33. The van der Waals surface area contributed by atoms with Gasteiger partial charge >= 0.3 is 0 Å². The molecule has 84 valence electrons. The van der Waals surface area contributed by atoms with E-state index in [-0.39, 0.29) is 0 Å². The molecule has 15 heavy (non-hydrogen) atoms. The smallest absolute Gasteiger partial charge is 0.203 e. The molecule has 3 N–H and O–H groups in total. The number of hydrogen-bond donors (Lipinski definition) is 1. The maximum Gasteiger partial charge on any atom is 0.203 e. The summed E-state index contributed by atoms with van der Waals surface area (Å²) in [6, 6.07) is 3.86. The van der Waals surface area contributed by atoms with E-state index in [1.807, 2.05) is 12.1 Å². The predicted octanol–water partition coefficient (Wildman–Crippen LogP) is 0.497. The molecule has 0 unspecified atom stereocenters. The standard InChI is InChI=1S/C11H17NO3/c1-13-9-5-4-8(6-7-12)10(14-2)11(9)15-3/h4-5H,6-7,12H2,1-3H3/p+1. The van der Waals surface area contributed by atoms with Crippen LogP contribution in [-0.4, -0.2) is 27.9 Å². The fourth-order valence-corrected chi connectivity index (χ4v) is 1.55. The Balaban J connectivity index is 3.21. The van der Waals surface area contributed by atoms with Crippen molar-refractivity contribution in [1.82, 2.24) is 0 Å². The fraction of sp³-hybridized carbons (Fsp3) is 0.455. The Morgan fingerprint density at radius 2 is 1.67 bits per heavy atom. The number of methoxy groups -OCH3 is 3. The molecule has 0 spiro atoms. The molecule has 0 aliphatic heterocycles.